The summed E-state index contributed by atoms with van der Waals surface area (Å²) in [4.78, 5) is 10.4. The Kier molecular flexibility index (Phi) is 5.12. The van der Waals surface area contributed by atoms with E-state index >= 15 is 0 Å². The number of rotatable bonds is 3. The number of fused-ring (bicyclic) bond motifs is 9. The summed E-state index contributed by atoms with van der Waals surface area (Å²) in [5.74, 6) is 0.695. The van der Waals surface area contributed by atoms with Crippen LogP contribution < -0.4 is 0 Å². The molecule has 5 heteroatoms. The molecule has 0 atom stereocenters. The van der Waals surface area contributed by atoms with E-state index in [0.29, 0.717) is 11.4 Å². The van der Waals surface area contributed by atoms with Gasteiger partial charge in [-0.25, -0.2) is 9.97 Å². The largest absolute Gasteiger partial charge is 0.452 e. The van der Waals surface area contributed by atoms with Crippen LogP contribution in [0.3, 0.4) is 0 Å². The van der Waals surface area contributed by atoms with Crippen molar-refractivity contribution >= 4 is 75.4 Å². The lowest BCUT2D eigenvalue weighted by Gasteiger charge is -2.10. The van der Waals surface area contributed by atoms with Crippen LogP contribution in [0.4, 0.5) is 0 Å². The van der Waals surface area contributed by atoms with Gasteiger partial charge in [-0.15, -0.1) is 11.3 Å². The van der Waals surface area contributed by atoms with Crippen LogP contribution in [0.5, 0.6) is 0 Å². The van der Waals surface area contributed by atoms with Gasteiger partial charge in [-0.3, -0.25) is 0 Å². The van der Waals surface area contributed by atoms with Gasteiger partial charge in [0.25, 0.3) is 0 Å². The van der Waals surface area contributed by atoms with E-state index < -0.39 is 0 Å². The van der Waals surface area contributed by atoms with Crippen molar-refractivity contribution in [3.8, 4) is 28.3 Å². The molecular weight excluding hydrogens is 571 g/mol. The smallest absolute Gasteiger partial charge is 0.180 e. The molecule has 4 heterocycles. The Hall–Kier alpha value is -5.78. The lowest BCUT2D eigenvalue weighted by Crippen LogP contribution is -1.95. The second kappa shape index (κ2) is 9.36. The Morgan fingerprint density at radius 3 is 2.07 bits per heavy atom. The highest BCUT2D eigenvalue weighted by atomic mass is 32.1. The number of nitrogens with zero attached hydrogens (tertiary/aromatic N) is 3. The van der Waals surface area contributed by atoms with Crippen molar-refractivity contribution in [2.45, 2.75) is 0 Å². The van der Waals surface area contributed by atoms with Crippen molar-refractivity contribution in [3.05, 3.63) is 140 Å². The normalized spacial score (nSPS) is 12.0. The molecule has 0 fully saturated rings. The van der Waals surface area contributed by atoms with Crippen molar-refractivity contribution in [2.24, 2.45) is 0 Å². The molecule has 4 nitrogen and oxygen atoms in total. The van der Waals surface area contributed by atoms with E-state index in [0.717, 1.165) is 39.0 Å². The van der Waals surface area contributed by atoms with Crippen LogP contribution in [-0.2, 0) is 0 Å². The maximum atomic E-state index is 6.37. The van der Waals surface area contributed by atoms with Crippen molar-refractivity contribution in [1.82, 2.24) is 14.5 Å². The summed E-state index contributed by atoms with van der Waals surface area (Å²) in [6, 6.07) is 49.0. The zero-order valence-corrected chi connectivity index (χ0v) is 24.8. The van der Waals surface area contributed by atoms with Crippen molar-refractivity contribution < 1.29 is 4.42 Å². The molecule has 0 radical (unpaired) electrons. The van der Waals surface area contributed by atoms with Crippen LogP contribution in [-0.4, -0.2) is 14.5 Å². The monoisotopic (exact) mass is 593 g/mol. The van der Waals surface area contributed by atoms with Gasteiger partial charge in [0.15, 0.2) is 11.4 Å². The Labute approximate surface area is 261 Å². The molecule has 0 saturated heterocycles. The van der Waals surface area contributed by atoms with Crippen molar-refractivity contribution in [2.75, 3.05) is 0 Å². The molecule has 0 amide bonds. The predicted octanol–water partition coefficient (Wildman–Crippen LogP) is 11.2. The zero-order chi connectivity index (χ0) is 29.5. The summed E-state index contributed by atoms with van der Waals surface area (Å²) in [5.41, 5.74) is 8.71. The molecule has 10 aromatic rings. The minimum absolute atomic E-state index is 0.695. The molecular formula is C40H23N3OS. The fourth-order valence-corrected chi connectivity index (χ4v) is 7.96. The van der Waals surface area contributed by atoms with E-state index in [-0.39, 0.29) is 0 Å². The number of aromatic nitrogens is 3. The quantitative estimate of drug-likeness (QED) is 0.205. The third kappa shape index (κ3) is 3.59. The topological polar surface area (TPSA) is 43.9 Å². The summed E-state index contributed by atoms with van der Waals surface area (Å²) in [6.45, 7) is 0. The molecule has 0 saturated carbocycles. The molecule has 0 bridgehead atoms. The molecule has 0 N–H and O–H groups in total. The van der Waals surface area contributed by atoms with E-state index in [1.165, 1.54) is 42.0 Å². The van der Waals surface area contributed by atoms with Crippen LogP contribution in [0, 0.1) is 0 Å². The first kappa shape index (κ1) is 24.6. The number of furan rings is 1. The van der Waals surface area contributed by atoms with Gasteiger partial charge in [0, 0.05) is 53.1 Å². The Morgan fingerprint density at radius 2 is 1.27 bits per heavy atom. The first-order chi connectivity index (χ1) is 22.3. The number of benzene rings is 6. The van der Waals surface area contributed by atoms with E-state index in [2.05, 4.69) is 108 Å². The van der Waals surface area contributed by atoms with Crippen molar-refractivity contribution in [3.63, 3.8) is 0 Å². The average molecular weight is 594 g/mol. The maximum absolute atomic E-state index is 6.37. The number of hydrogen-bond donors (Lipinski definition) is 0. The van der Waals surface area contributed by atoms with E-state index in [1.54, 1.807) is 0 Å². The van der Waals surface area contributed by atoms with E-state index in [1.807, 2.05) is 47.7 Å². The zero-order valence-electron chi connectivity index (χ0n) is 23.9. The predicted molar refractivity (Wildman–Crippen MR) is 187 cm³/mol. The van der Waals surface area contributed by atoms with Crippen LogP contribution in [0.1, 0.15) is 0 Å². The molecule has 4 aromatic heterocycles. The van der Waals surface area contributed by atoms with Gasteiger partial charge in [-0.2, -0.15) is 0 Å². The fourth-order valence-electron chi connectivity index (χ4n) is 6.84. The second-order valence-corrected chi connectivity index (χ2v) is 12.5. The average Bonchev–Trinajstić information content (AvgIpc) is 3.77. The molecule has 0 aliphatic heterocycles. The van der Waals surface area contributed by atoms with Crippen LogP contribution in [0.25, 0.3) is 92.4 Å². The van der Waals surface area contributed by atoms with Gasteiger partial charge < -0.3 is 8.98 Å². The maximum Gasteiger partial charge on any atom is 0.180 e. The Balaban J connectivity index is 1.27. The summed E-state index contributed by atoms with van der Waals surface area (Å²) in [7, 11) is 0. The number of thiophene rings is 1. The SMILES string of the molecule is c1ccc(-c2nc(-c3cccc4sc5ccc(-n6c7ccccc7c7ccccc76)cc5c34)nc3c2oc2ccccc23)cc1. The van der Waals surface area contributed by atoms with Gasteiger partial charge in [-0.1, -0.05) is 91.0 Å². The highest BCUT2D eigenvalue weighted by Crippen LogP contribution is 2.43. The molecule has 0 unspecified atom stereocenters. The Morgan fingerprint density at radius 1 is 0.556 bits per heavy atom. The third-order valence-corrected chi connectivity index (χ3v) is 9.96. The molecule has 210 valence electrons. The molecule has 6 aromatic carbocycles. The van der Waals surface area contributed by atoms with Crippen LogP contribution >= 0.6 is 11.3 Å². The summed E-state index contributed by atoms with van der Waals surface area (Å²) in [5, 5.41) is 5.88. The standard InChI is InChI=1S/C40H23N3OS/c1-2-11-24(12-3-1)37-39-38(28-15-6-9-19-33(28)44-39)42-40(41-37)29-16-10-20-35-36(29)30-23-25(21-22-34(30)45-35)43-31-17-7-4-13-26(31)27-14-5-8-18-32(27)43/h1-23H. The summed E-state index contributed by atoms with van der Waals surface area (Å²) >= 11 is 1.81. The minimum Gasteiger partial charge on any atom is -0.452 e. The van der Waals surface area contributed by atoms with E-state index in [9.17, 15) is 0 Å². The molecule has 0 aliphatic carbocycles. The first-order valence-electron chi connectivity index (χ1n) is 15.0. The minimum atomic E-state index is 0.695. The summed E-state index contributed by atoms with van der Waals surface area (Å²) < 4.78 is 11.2. The number of hydrogen-bond acceptors (Lipinski definition) is 4. The molecule has 0 spiro atoms. The molecule has 0 aliphatic rings. The highest BCUT2D eigenvalue weighted by molar-refractivity contribution is 7.25. The highest BCUT2D eigenvalue weighted by Gasteiger charge is 2.21. The van der Waals surface area contributed by atoms with Crippen molar-refractivity contribution in [1.29, 1.82) is 0 Å². The van der Waals surface area contributed by atoms with Crippen LogP contribution in [0.2, 0.25) is 0 Å². The third-order valence-electron chi connectivity index (χ3n) is 8.82. The summed E-state index contributed by atoms with van der Waals surface area (Å²) in [6.07, 6.45) is 0. The van der Waals surface area contributed by atoms with Gasteiger partial charge in [0.05, 0.1) is 11.0 Å². The number of para-hydroxylation sites is 3. The van der Waals surface area contributed by atoms with E-state index in [4.69, 9.17) is 14.4 Å². The second-order valence-electron chi connectivity index (χ2n) is 11.4. The lowest BCUT2D eigenvalue weighted by molar-refractivity contribution is 0.667. The van der Waals surface area contributed by atoms with Gasteiger partial charge >= 0.3 is 0 Å². The molecule has 10 rings (SSSR count). The lowest BCUT2D eigenvalue weighted by atomic mass is 10.0. The van der Waals surface area contributed by atoms with Gasteiger partial charge in [0.1, 0.15) is 16.8 Å². The first-order valence-corrected chi connectivity index (χ1v) is 15.8. The fraction of sp³-hybridized carbons (Fsp3) is 0. The van der Waals surface area contributed by atoms with Gasteiger partial charge in [-0.05, 0) is 48.5 Å². The Bertz CT molecular complexity index is 2720. The molecule has 45 heavy (non-hydrogen) atoms. The van der Waals surface area contributed by atoms with Gasteiger partial charge in [0.2, 0.25) is 0 Å². The van der Waals surface area contributed by atoms with Crippen LogP contribution in [0.15, 0.2) is 144 Å².